The van der Waals surface area contributed by atoms with Crippen molar-refractivity contribution in [3.05, 3.63) is 101 Å². The fourth-order valence-electron chi connectivity index (χ4n) is 3.83. The molecule has 1 unspecified atom stereocenters. The van der Waals surface area contributed by atoms with Crippen molar-refractivity contribution < 1.29 is 14.3 Å². The number of hydrogen-bond donors (Lipinski definition) is 1. The molecule has 0 aliphatic carbocycles. The largest absolute Gasteiger partial charge is 0.494 e. The van der Waals surface area contributed by atoms with Gasteiger partial charge >= 0.3 is 0 Å². The maximum Gasteiger partial charge on any atom is 0.243 e. The minimum Gasteiger partial charge on any atom is -0.494 e. The lowest BCUT2D eigenvalue weighted by Gasteiger charge is -2.31. The standard InChI is InChI=1S/C29H33BrN2O3/c1-2-18-31-29(34)27(21-23-11-5-3-6-12-23)32(22-24-13-9-14-25(30)20-24)28(33)17-10-19-35-26-15-7-4-8-16-26/h3-9,11-16,20,27H,2,10,17-19,21-22H2,1H3,(H,31,34). The zero-order valence-electron chi connectivity index (χ0n) is 20.2. The molecule has 3 rings (SSSR count). The van der Waals surface area contributed by atoms with E-state index in [9.17, 15) is 9.59 Å². The van der Waals surface area contributed by atoms with Crippen molar-refractivity contribution in [3.8, 4) is 5.75 Å². The van der Waals surface area contributed by atoms with Gasteiger partial charge in [-0.25, -0.2) is 0 Å². The van der Waals surface area contributed by atoms with Crippen LogP contribution in [-0.2, 0) is 22.6 Å². The van der Waals surface area contributed by atoms with Gasteiger partial charge in [-0.2, -0.15) is 0 Å². The first-order valence-electron chi connectivity index (χ1n) is 12.1. The predicted octanol–water partition coefficient (Wildman–Crippen LogP) is 5.77. The topological polar surface area (TPSA) is 58.6 Å². The molecule has 35 heavy (non-hydrogen) atoms. The summed E-state index contributed by atoms with van der Waals surface area (Å²) in [4.78, 5) is 28.5. The lowest BCUT2D eigenvalue weighted by molar-refractivity contribution is -0.141. The molecular formula is C29H33BrN2O3. The number of benzene rings is 3. The fourth-order valence-corrected chi connectivity index (χ4v) is 4.27. The van der Waals surface area contributed by atoms with E-state index in [1.165, 1.54) is 0 Å². The molecule has 0 bridgehead atoms. The number of amides is 2. The highest BCUT2D eigenvalue weighted by Gasteiger charge is 2.30. The molecule has 184 valence electrons. The first kappa shape index (κ1) is 26.5. The van der Waals surface area contributed by atoms with Crippen molar-refractivity contribution in [3.63, 3.8) is 0 Å². The highest BCUT2D eigenvalue weighted by Crippen LogP contribution is 2.19. The molecule has 6 heteroatoms. The Labute approximate surface area is 216 Å². The summed E-state index contributed by atoms with van der Waals surface area (Å²) in [5.41, 5.74) is 1.98. The molecule has 0 spiro atoms. The molecule has 0 aliphatic heterocycles. The second-order valence-electron chi connectivity index (χ2n) is 8.41. The predicted molar refractivity (Wildman–Crippen MR) is 143 cm³/mol. The first-order valence-corrected chi connectivity index (χ1v) is 12.9. The molecule has 0 aromatic heterocycles. The summed E-state index contributed by atoms with van der Waals surface area (Å²) in [5, 5.41) is 3.01. The van der Waals surface area contributed by atoms with E-state index in [0.717, 1.165) is 27.8 Å². The highest BCUT2D eigenvalue weighted by atomic mass is 79.9. The Bertz CT molecular complexity index is 1060. The van der Waals surface area contributed by atoms with E-state index in [2.05, 4.69) is 21.2 Å². The average Bonchev–Trinajstić information content (AvgIpc) is 2.88. The summed E-state index contributed by atoms with van der Waals surface area (Å²) in [6.45, 7) is 3.39. The molecule has 0 heterocycles. The zero-order chi connectivity index (χ0) is 24.9. The van der Waals surface area contributed by atoms with Gasteiger partial charge in [0.05, 0.1) is 6.61 Å². The van der Waals surface area contributed by atoms with E-state index in [1.54, 1.807) is 4.90 Å². The molecule has 3 aromatic carbocycles. The van der Waals surface area contributed by atoms with Crippen molar-refractivity contribution in [2.24, 2.45) is 0 Å². The van der Waals surface area contributed by atoms with E-state index in [4.69, 9.17) is 4.74 Å². The number of hydrogen-bond acceptors (Lipinski definition) is 3. The van der Waals surface area contributed by atoms with Crippen molar-refractivity contribution in [2.75, 3.05) is 13.2 Å². The van der Waals surface area contributed by atoms with Gasteiger partial charge in [0.2, 0.25) is 11.8 Å². The van der Waals surface area contributed by atoms with Crippen LogP contribution in [-0.4, -0.2) is 35.9 Å². The Morgan fingerprint density at radius 2 is 1.63 bits per heavy atom. The number of nitrogens with one attached hydrogen (secondary N) is 1. The fraction of sp³-hybridized carbons (Fsp3) is 0.310. The summed E-state index contributed by atoms with van der Waals surface area (Å²) >= 11 is 3.52. The van der Waals surface area contributed by atoms with Crippen LogP contribution < -0.4 is 10.1 Å². The molecule has 0 aliphatic rings. The van der Waals surface area contributed by atoms with Gasteiger partial charge in [-0.3, -0.25) is 9.59 Å². The van der Waals surface area contributed by atoms with E-state index < -0.39 is 6.04 Å². The minimum atomic E-state index is -0.606. The van der Waals surface area contributed by atoms with Gasteiger partial charge in [-0.05, 0) is 48.2 Å². The summed E-state index contributed by atoms with van der Waals surface area (Å²) < 4.78 is 6.71. The van der Waals surface area contributed by atoms with Crippen molar-refractivity contribution in [1.29, 1.82) is 0 Å². The molecule has 0 saturated heterocycles. The van der Waals surface area contributed by atoms with E-state index in [-0.39, 0.29) is 11.8 Å². The Balaban J connectivity index is 1.78. The van der Waals surface area contributed by atoms with Crippen LogP contribution in [0.3, 0.4) is 0 Å². The molecule has 1 atom stereocenters. The third-order valence-corrected chi connectivity index (χ3v) is 6.10. The molecule has 2 amide bonds. The lowest BCUT2D eigenvalue weighted by Crippen LogP contribution is -2.50. The number of carbonyl (C=O) groups is 2. The lowest BCUT2D eigenvalue weighted by atomic mass is 10.0. The number of rotatable bonds is 13. The highest BCUT2D eigenvalue weighted by molar-refractivity contribution is 9.10. The Kier molecular flexibility index (Phi) is 10.8. The monoisotopic (exact) mass is 536 g/mol. The Morgan fingerprint density at radius 1 is 0.943 bits per heavy atom. The van der Waals surface area contributed by atoms with Gasteiger partial charge in [0.1, 0.15) is 11.8 Å². The van der Waals surface area contributed by atoms with Crippen LogP contribution in [0.15, 0.2) is 89.4 Å². The van der Waals surface area contributed by atoms with E-state index in [0.29, 0.717) is 39.0 Å². The maximum absolute atomic E-state index is 13.5. The quantitative estimate of drug-likeness (QED) is 0.282. The molecule has 3 aromatic rings. The van der Waals surface area contributed by atoms with Gasteiger partial charge in [0.25, 0.3) is 0 Å². The van der Waals surface area contributed by atoms with Crippen LogP contribution >= 0.6 is 15.9 Å². The van der Waals surface area contributed by atoms with Crippen LogP contribution in [0.1, 0.15) is 37.3 Å². The smallest absolute Gasteiger partial charge is 0.243 e. The third-order valence-electron chi connectivity index (χ3n) is 5.61. The summed E-state index contributed by atoms with van der Waals surface area (Å²) in [6, 6.07) is 26.7. The summed E-state index contributed by atoms with van der Waals surface area (Å²) in [7, 11) is 0. The van der Waals surface area contributed by atoms with Crippen molar-refractivity contribution in [2.45, 2.75) is 45.2 Å². The van der Waals surface area contributed by atoms with Crippen LogP contribution in [0.25, 0.3) is 0 Å². The second-order valence-corrected chi connectivity index (χ2v) is 9.33. The van der Waals surface area contributed by atoms with Gasteiger partial charge in [0.15, 0.2) is 0 Å². The zero-order valence-corrected chi connectivity index (χ0v) is 21.7. The van der Waals surface area contributed by atoms with Gasteiger partial charge in [-0.15, -0.1) is 0 Å². The first-order chi connectivity index (χ1) is 17.1. The van der Waals surface area contributed by atoms with Gasteiger partial charge < -0.3 is 15.0 Å². The number of halogens is 1. The third kappa shape index (κ3) is 8.87. The number of para-hydroxylation sites is 1. The molecular weight excluding hydrogens is 504 g/mol. The van der Waals surface area contributed by atoms with Gasteiger partial charge in [-0.1, -0.05) is 83.5 Å². The molecule has 0 radical (unpaired) electrons. The van der Waals surface area contributed by atoms with Crippen molar-refractivity contribution >= 4 is 27.7 Å². The normalized spacial score (nSPS) is 11.5. The number of nitrogens with zero attached hydrogens (tertiary/aromatic N) is 1. The van der Waals surface area contributed by atoms with Crippen LogP contribution in [0.4, 0.5) is 0 Å². The van der Waals surface area contributed by atoms with Crippen molar-refractivity contribution in [1.82, 2.24) is 10.2 Å². The molecule has 0 fully saturated rings. The minimum absolute atomic E-state index is 0.0609. The van der Waals surface area contributed by atoms with Gasteiger partial charge in [0, 0.05) is 30.4 Å². The Hall–Kier alpha value is -3.12. The SMILES string of the molecule is CCCNC(=O)C(Cc1ccccc1)N(Cc1cccc(Br)c1)C(=O)CCCOc1ccccc1. The van der Waals surface area contributed by atoms with Crippen LogP contribution in [0, 0.1) is 0 Å². The Morgan fingerprint density at radius 3 is 2.31 bits per heavy atom. The molecule has 0 saturated carbocycles. The van der Waals surface area contributed by atoms with E-state index in [1.807, 2.05) is 91.9 Å². The summed E-state index contributed by atoms with van der Waals surface area (Å²) in [6.07, 6.45) is 2.15. The van der Waals surface area contributed by atoms with Crippen LogP contribution in [0.2, 0.25) is 0 Å². The maximum atomic E-state index is 13.5. The molecule has 5 nitrogen and oxygen atoms in total. The summed E-state index contributed by atoms with van der Waals surface area (Å²) in [5.74, 6) is 0.598. The number of ether oxygens (including phenoxy) is 1. The second kappa shape index (κ2) is 14.3. The van der Waals surface area contributed by atoms with Crippen LogP contribution in [0.5, 0.6) is 5.75 Å². The van der Waals surface area contributed by atoms with E-state index >= 15 is 0 Å². The average molecular weight is 537 g/mol. The molecule has 1 N–H and O–H groups in total. The number of carbonyl (C=O) groups excluding carboxylic acids is 2.